The number of nitrogens with zero attached hydrogens (tertiary/aromatic N) is 1. The van der Waals surface area contributed by atoms with Gasteiger partial charge < -0.3 is 15.0 Å². The predicted octanol–water partition coefficient (Wildman–Crippen LogP) is -0.219. The second kappa shape index (κ2) is 2.46. The van der Waals surface area contributed by atoms with E-state index in [1.54, 1.807) is 0 Å². The second-order valence-electron chi connectivity index (χ2n) is 3.82. The number of aliphatic carboxylic acids is 1. The van der Waals surface area contributed by atoms with E-state index >= 15 is 0 Å². The largest absolute Gasteiger partial charge is 0.480 e. The summed E-state index contributed by atoms with van der Waals surface area (Å²) in [6.07, 6.45) is 0.00924. The van der Waals surface area contributed by atoms with Gasteiger partial charge in [-0.15, -0.1) is 0 Å². The lowest BCUT2D eigenvalue weighted by Gasteiger charge is -2.20. The zero-order valence-electron chi connectivity index (χ0n) is 7.21. The van der Waals surface area contributed by atoms with E-state index in [0.29, 0.717) is 12.7 Å². The summed E-state index contributed by atoms with van der Waals surface area (Å²) in [5, 5.41) is 17.5. The van der Waals surface area contributed by atoms with Crippen LogP contribution in [0.2, 0.25) is 0 Å². The van der Waals surface area contributed by atoms with Crippen molar-refractivity contribution in [3.63, 3.8) is 0 Å². The fourth-order valence-electron chi connectivity index (χ4n) is 2.22. The average molecular weight is 199 g/mol. The molecule has 0 spiro atoms. The van der Waals surface area contributed by atoms with Crippen molar-refractivity contribution in [2.45, 2.75) is 24.9 Å². The van der Waals surface area contributed by atoms with E-state index in [-0.39, 0.29) is 6.42 Å². The molecule has 3 atom stereocenters. The molecule has 0 aromatic carbocycles. The third-order valence-corrected chi connectivity index (χ3v) is 3.06. The molecule has 2 N–H and O–H groups in total. The molecule has 6 heteroatoms. The lowest BCUT2D eigenvalue weighted by atomic mass is 10.0. The number of carbonyl (C=O) groups excluding carboxylic acids is 1. The molecule has 1 aliphatic carbocycles. The third-order valence-electron chi connectivity index (χ3n) is 3.06. The van der Waals surface area contributed by atoms with Crippen LogP contribution in [0.25, 0.3) is 0 Å². The molecule has 6 nitrogen and oxygen atoms in total. The Morgan fingerprint density at radius 1 is 1.36 bits per heavy atom. The normalized spacial score (nSPS) is 39.0. The van der Waals surface area contributed by atoms with Crippen molar-refractivity contribution in [1.29, 1.82) is 0 Å². The van der Waals surface area contributed by atoms with Gasteiger partial charge in [0.1, 0.15) is 12.3 Å². The van der Waals surface area contributed by atoms with Gasteiger partial charge in [-0.1, -0.05) is 0 Å². The van der Waals surface area contributed by atoms with Crippen LogP contribution in [-0.4, -0.2) is 45.5 Å². The summed E-state index contributed by atoms with van der Waals surface area (Å²) in [5.41, 5.74) is -0.707. The quantitative estimate of drug-likeness (QED) is 0.599. The number of hydrogen-bond acceptors (Lipinski definition) is 3. The number of carboxylic acids is 1. The van der Waals surface area contributed by atoms with Gasteiger partial charge in [0.05, 0.1) is 5.41 Å². The molecular weight excluding hydrogens is 190 g/mol. The first-order chi connectivity index (χ1) is 6.52. The first-order valence-electron chi connectivity index (χ1n) is 4.22. The fraction of sp³-hybridized carbons (Fsp3) is 0.625. The number of aldehydes is 1. The summed E-state index contributed by atoms with van der Waals surface area (Å²) in [7, 11) is 0. The summed E-state index contributed by atoms with van der Waals surface area (Å²) in [5.74, 6) is -1.18. The Balaban J connectivity index is 2.26. The summed E-state index contributed by atoms with van der Waals surface area (Å²) in [6.45, 7) is 0. The van der Waals surface area contributed by atoms with Gasteiger partial charge in [-0.25, -0.2) is 9.59 Å². The monoisotopic (exact) mass is 199 g/mol. The number of likely N-dealkylation sites (tertiary alicyclic amines) is 1. The minimum Gasteiger partial charge on any atom is -0.480 e. The smallest absolute Gasteiger partial charge is 0.408 e. The van der Waals surface area contributed by atoms with Crippen molar-refractivity contribution < 1.29 is 24.6 Å². The molecule has 2 aliphatic rings. The highest BCUT2D eigenvalue weighted by Gasteiger charge is 2.68. The van der Waals surface area contributed by atoms with E-state index in [9.17, 15) is 14.4 Å². The summed E-state index contributed by atoms with van der Waals surface area (Å²) in [4.78, 5) is 33.1. The third kappa shape index (κ3) is 0.934. The van der Waals surface area contributed by atoms with Crippen molar-refractivity contribution in [2.75, 3.05) is 0 Å². The summed E-state index contributed by atoms with van der Waals surface area (Å²) >= 11 is 0. The van der Waals surface area contributed by atoms with E-state index in [1.807, 2.05) is 0 Å². The zero-order chi connectivity index (χ0) is 10.5. The molecule has 1 heterocycles. The van der Waals surface area contributed by atoms with Gasteiger partial charge in [0.25, 0.3) is 0 Å². The van der Waals surface area contributed by atoms with E-state index in [4.69, 9.17) is 10.2 Å². The molecule has 2 rings (SSSR count). The highest BCUT2D eigenvalue weighted by atomic mass is 16.4. The SMILES string of the molecule is O=CC12CC(C(=O)O)N(C(=O)O)C1C2. The van der Waals surface area contributed by atoms with Crippen molar-refractivity contribution in [3.8, 4) is 0 Å². The number of amides is 1. The van der Waals surface area contributed by atoms with Crippen LogP contribution in [0.5, 0.6) is 0 Å². The van der Waals surface area contributed by atoms with Gasteiger partial charge in [-0.05, 0) is 12.8 Å². The van der Waals surface area contributed by atoms with Crippen LogP contribution in [0.3, 0.4) is 0 Å². The number of carboxylic acid groups (broad SMARTS) is 2. The lowest BCUT2D eigenvalue weighted by molar-refractivity contribution is -0.142. The molecule has 0 radical (unpaired) electrons. The van der Waals surface area contributed by atoms with Crippen LogP contribution in [-0.2, 0) is 9.59 Å². The van der Waals surface area contributed by atoms with Crippen LogP contribution in [0, 0.1) is 5.41 Å². The Morgan fingerprint density at radius 3 is 2.36 bits per heavy atom. The molecule has 14 heavy (non-hydrogen) atoms. The van der Waals surface area contributed by atoms with Crippen LogP contribution >= 0.6 is 0 Å². The minimum absolute atomic E-state index is 0.114. The molecule has 3 unspecified atom stereocenters. The van der Waals surface area contributed by atoms with Crippen LogP contribution in [0.4, 0.5) is 4.79 Å². The molecule has 1 amide bonds. The maximum absolute atomic E-state index is 10.8. The van der Waals surface area contributed by atoms with Crippen molar-refractivity contribution in [3.05, 3.63) is 0 Å². The van der Waals surface area contributed by atoms with Crippen molar-refractivity contribution in [2.24, 2.45) is 5.41 Å². The van der Waals surface area contributed by atoms with Crippen LogP contribution in [0.15, 0.2) is 0 Å². The molecule has 0 bridgehead atoms. The molecule has 0 aromatic rings. The van der Waals surface area contributed by atoms with E-state index in [2.05, 4.69) is 0 Å². The van der Waals surface area contributed by atoms with E-state index in [1.165, 1.54) is 0 Å². The highest BCUT2D eigenvalue weighted by molar-refractivity contribution is 5.84. The summed E-state index contributed by atoms with van der Waals surface area (Å²) in [6, 6.07) is -1.48. The molecule has 1 saturated heterocycles. The second-order valence-corrected chi connectivity index (χ2v) is 3.82. The Bertz CT molecular complexity index is 328. The Kier molecular flexibility index (Phi) is 1.58. The fourth-order valence-corrected chi connectivity index (χ4v) is 2.22. The number of piperidine rings is 1. The first-order valence-corrected chi connectivity index (χ1v) is 4.22. The van der Waals surface area contributed by atoms with Gasteiger partial charge in [0.15, 0.2) is 0 Å². The van der Waals surface area contributed by atoms with Gasteiger partial charge in [-0.2, -0.15) is 0 Å². The molecule has 2 fully saturated rings. The standard InChI is InChI=1S/C8H9NO5/c10-3-8-1-4(6(11)12)9(7(13)14)5(8)2-8/h3-5H,1-2H2,(H,11,12)(H,13,14). The maximum Gasteiger partial charge on any atom is 0.408 e. The summed E-state index contributed by atoms with van der Waals surface area (Å²) < 4.78 is 0. The van der Waals surface area contributed by atoms with Gasteiger partial charge in [0, 0.05) is 6.04 Å². The average Bonchev–Trinajstić information content (AvgIpc) is 2.71. The zero-order valence-corrected chi connectivity index (χ0v) is 7.21. The van der Waals surface area contributed by atoms with E-state index < -0.39 is 29.6 Å². The first kappa shape index (κ1) is 8.98. The molecule has 1 saturated carbocycles. The van der Waals surface area contributed by atoms with Crippen LogP contribution in [0.1, 0.15) is 12.8 Å². The number of rotatable bonds is 2. The minimum atomic E-state index is -1.26. The van der Waals surface area contributed by atoms with Gasteiger partial charge in [-0.3, -0.25) is 4.90 Å². The van der Waals surface area contributed by atoms with Gasteiger partial charge in [0.2, 0.25) is 0 Å². The molecule has 76 valence electrons. The Labute approximate surface area is 79.1 Å². The molecule has 1 aliphatic heterocycles. The predicted molar refractivity (Wildman–Crippen MR) is 42.8 cm³/mol. The van der Waals surface area contributed by atoms with Crippen molar-refractivity contribution in [1.82, 2.24) is 4.90 Å². The highest BCUT2D eigenvalue weighted by Crippen LogP contribution is 2.57. The maximum atomic E-state index is 10.8. The molecule has 0 aromatic heterocycles. The number of fused-ring (bicyclic) bond motifs is 1. The lowest BCUT2D eigenvalue weighted by Crippen LogP contribution is -2.42. The van der Waals surface area contributed by atoms with E-state index in [0.717, 1.165) is 4.90 Å². The van der Waals surface area contributed by atoms with Crippen LogP contribution < -0.4 is 0 Å². The topological polar surface area (TPSA) is 94.9 Å². The van der Waals surface area contributed by atoms with Crippen molar-refractivity contribution >= 4 is 18.3 Å². The Morgan fingerprint density at radius 2 is 2.00 bits per heavy atom. The molecular formula is C8H9NO5. The number of carbonyl (C=O) groups is 3. The van der Waals surface area contributed by atoms with Gasteiger partial charge >= 0.3 is 12.1 Å². The Hall–Kier alpha value is -1.59. The number of hydrogen-bond donors (Lipinski definition) is 2.